The van der Waals surface area contributed by atoms with Crippen molar-refractivity contribution in [3.8, 4) is 5.75 Å². The minimum Gasteiger partial charge on any atom is -0.490 e. The van der Waals surface area contributed by atoms with Crippen LogP contribution in [0.5, 0.6) is 5.75 Å². The third-order valence-corrected chi connectivity index (χ3v) is 2.50. The number of nitrogens with one attached hydrogen (secondary N) is 1. The first-order chi connectivity index (χ1) is 8.67. The van der Waals surface area contributed by atoms with Crippen molar-refractivity contribution in [2.75, 3.05) is 13.2 Å². The fraction of sp³-hybridized carbons (Fsp3) is 0.462. The lowest BCUT2D eigenvalue weighted by Crippen LogP contribution is -2.37. The zero-order chi connectivity index (χ0) is 13.4. The monoisotopic (exact) mass is 255 g/mol. The molecular formula is C13H18FNO3. The summed E-state index contributed by atoms with van der Waals surface area (Å²) >= 11 is 0. The first kappa shape index (κ1) is 14.4. The second-order valence-corrected chi connectivity index (χ2v) is 3.88. The molecule has 0 radical (unpaired) electrons. The van der Waals surface area contributed by atoms with Crippen molar-refractivity contribution in [3.63, 3.8) is 0 Å². The largest absolute Gasteiger partial charge is 0.490 e. The van der Waals surface area contributed by atoms with Crippen molar-refractivity contribution in [2.45, 2.75) is 25.8 Å². The Balaban J connectivity index is 2.29. The normalized spacial score (nSPS) is 11.9. The Hall–Kier alpha value is -1.62. The predicted octanol–water partition coefficient (Wildman–Crippen LogP) is 1.48. The molecule has 5 heteroatoms. The van der Waals surface area contributed by atoms with Crippen molar-refractivity contribution in [1.82, 2.24) is 5.32 Å². The van der Waals surface area contributed by atoms with Crippen LogP contribution >= 0.6 is 0 Å². The molecule has 100 valence electrons. The number of carbonyl (C=O) groups excluding carboxylic acids is 1. The summed E-state index contributed by atoms with van der Waals surface area (Å²) in [6, 6.07) is 5.81. The second kappa shape index (κ2) is 7.66. The maximum absolute atomic E-state index is 13.2. The molecular weight excluding hydrogens is 237 g/mol. The first-order valence-corrected chi connectivity index (χ1v) is 5.95. The quantitative estimate of drug-likeness (QED) is 0.776. The molecule has 0 aromatic heterocycles. The van der Waals surface area contributed by atoms with E-state index in [9.17, 15) is 9.18 Å². The zero-order valence-electron chi connectivity index (χ0n) is 10.4. The van der Waals surface area contributed by atoms with E-state index in [2.05, 4.69) is 5.32 Å². The molecule has 0 spiro atoms. The number of para-hydroxylation sites is 1. The number of ether oxygens (including phenoxy) is 1. The van der Waals surface area contributed by atoms with Crippen LogP contribution in [0, 0.1) is 5.82 Å². The number of benzene rings is 1. The predicted molar refractivity (Wildman–Crippen MR) is 65.8 cm³/mol. The molecule has 1 aromatic carbocycles. The number of aliphatic hydroxyl groups is 1. The Morgan fingerprint density at radius 3 is 2.83 bits per heavy atom. The minimum absolute atomic E-state index is 0.0869. The number of aliphatic hydroxyl groups excluding tert-OH is 1. The Morgan fingerprint density at radius 2 is 2.22 bits per heavy atom. The number of amides is 1. The van der Waals surface area contributed by atoms with Gasteiger partial charge in [0.25, 0.3) is 0 Å². The molecule has 2 N–H and O–H groups in total. The molecule has 0 saturated carbocycles. The third kappa shape index (κ3) is 4.71. The summed E-state index contributed by atoms with van der Waals surface area (Å²) in [5.74, 6) is -0.522. The van der Waals surface area contributed by atoms with Crippen LogP contribution in [0.1, 0.15) is 19.8 Å². The lowest BCUT2D eigenvalue weighted by molar-refractivity contribution is -0.122. The molecule has 18 heavy (non-hydrogen) atoms. The molecule has 1 aromatic rings. The molecule has 0 aliphatic carbocycles. The van der Waals surface area contributed by atoms with Gasteiger partial charge < -0.3 is 15.2 Å². The number of hydrogen-bond donors (Lipinski definition) is 2. The number of rotatable bonds is 7. The van der Waals surface area contributed by atoms with E-state index in [0.29, 0.717) is 6.42 Å². The standard InChI is InChI=1S/C13H18FNO3/c1-2-10(9-16)15-13(17)7-8-18-12-6-4-3-5-11(12)14/h3-6,10,16H,2,7-9H2,1H3,(H,15,17). The SMILES string of the molecule is CCC(CO)NC(=O)CCOc1ccccc1F. The van der Waals surface area contributed by atoms with Gasteiger partial charge in [0, 0.05) is 0 Å². The van der Waals surface area contributed by atoms with Crippen LogP contribution in [0.15, 0.2) is 24.3 Å². The lowest BCUT2D eigenvalue weighted by atomic mass is 10.2. The van der Waals surface area contributed by atoms with Crippen LogP contribution < -0.4 is 10.1 Å². The van der Waals surface area contributed by atoms with E-state index >= 15 is 0 Å². The summed E-state index contributed by atoms with van der Waals surface area (Å²) in [5.41, 5.74) is 0. The Kier molecular flexibility index (Phi) is 6.14. The Labute approximate surface area is 106 Å². The van der Waals surface area contributed by atoms with Crippen LogP contribution in [0.2, 0.25) is 0 Å². The van der Waals surface area contributed by atoms with E-state index in [0.717, 1.165) is 0 Å². The van der Waals surface area contributed by atoms with Gasteiger partial charge in [0.05, 0.1) is 25.7 Å². The van der Waals surface area contributed by atoms with Crippen molar-refractivity contribution in [2.24, 2.45) is 0 Å². The lowest BCUT2D eigenvalue weighted by Gasteiger charge is -2.14. The van der Waals surface area contributed by atoms with Crippen LogP contribution in [-0.4, -0.2) is 30.3 Å². The molecule has 0 fully saturated rings. The minimum atomic E-state index is -0.445. The number of carbonyl (C=O) groups is 1. The summed E-state index contributed by atoms with van der Waals surface area (Å²) < 4.78 is 18.3. The van der Waals surface area contributed by atoms with Gasteiger partial charge in [-0.2, -0.15) is 0 Å². The molecule has 1 rings (SSSR count). The van der Waals surface area contributed by atoms with Crippen molar-refractivity contribution in [1.29, 1.82) is 0 Å². The molecule has 0 aliphatic rings. The maximum Gasteiger partial charge on any atom is 0.223 e. The topological polar surface area (TPSA) is 58.6 Å². The molecule has 4 nitrogen and oxygen atoms in total. The summed E-state index contributed by atoms with van der Waals surface area (Å²) in [4.78, 5) is 11.5. The fourth-order valence-electron chi connectivity index (χ4n) is 1.39. The number of halogens is 1. The third-order valence-electron chi connectivity index (χ3n) is 2.50. The summed E-state index contributed by atoms with van der Waals surface area (Å²) in [7, 11) is 0. The van der Waals surface area contributed by atoms with Crippen LogP contribution in [0.4, 0.5) is 4.39 Å². The molecule has 0 aliphatic heterocycles. The van der Waals surface area contributed by atoms with E-state index in [1.807, 2.05) is 6.92 Å². The highest BCUT2D eigenvalue weighted by atomic mass is 19.1. The maximum atomic E-state index is 13.2. The summed E-state index contributed by atoms with van der Waals surface area (Å²) in [6.45, 7) is 1.89. The first-order valence-electron chi connectivity index (χ1n) is 5.95. The molecule has 1 amide bonds. The van der Waals surface area contributed by atoms with E-state index in [1.54, 1.807) is 12.1 Å². The van der Waals surface area contributed by atoms with Gasteiger partial charge in [-0.05, 0) is 18.6 Å². The molecule has 1 unspecified atom stereocenters. The van der Waals surface area contributed by atoms with Crippen molar-refractivity contribution < 1.29 is 19.0 Å². The highest BCUT2D eigenvalue weighted by Gasteiger charge is 2.09. The van der Waals surface area contributed by atoms with Gasteiger partial charge in [0.2, 0.25) is 5.91 Å². The van der Waals surface area contributed by atoms with Gasteiger partial charge in [-0.3, -0.25) is 4.79 Å². The van der Waals surface area contributed by atoms with Crippen LogP contribution in [0.3, 0.4) is 0 Å². The van der Waals surface area contributed by atoms with E-state index in [4.69, 9.17) is 9.84 Å². The smallest absolute Gasteiger partial charge is 0.223 e. The summed E-state index contributed by atoms with van der Waals surface area (Å²) in [5, 5.41) is 11.6. The molecule has 1 atom stereocenters. The van der Waals surface area contributed by atoms with Gasteiger partial charge in [-0.1, -0.05) is 19.1 Å². The summed E-state index contributed by atoms with van der Waals surface area (Å²) in [6.07, 6.45) is 0.793. The second-order valence-electron chi connectivity index (χ2n) is 3.88. The van der Waals surface area contributed by atoms with Gasteiger partial charge in [-0.15, -0.1) is 0 Å². The number of hydrogen-bond acceptors (Lipinski definition) is 3. The van der Waals surface area contributed by atoms with Crippen LogP contribution in [0.25, 0.3) is 0 Å². The average Bonchev–Trinajstić information content (AvgIpc) is 2.38. The van der Waals surface area contributed by atoms with Gasteiger partial charge in [-0.25, -0.2) is 4.39 Å². The Bertz CT molecular complexity index is 380. The van der Waals surface area contributed by atoms with Gasteiger partial charge in [0.1, 0.15) is 0 Å². The average molecular weight is 255 g/mol. The van der Waals surface area contributed by atoms with E-state index < -0.39 is 5.82 Å². The van der Waals surface area contributed by atoms with Crippen molar-refractivity contribution >= 4 is 5.91 Å². The molecule has 0 saturated heterocycles. The van der Waals surface area contributed by atoms with Gasteiger partial charge >= 0.3 is 0 Å². The molecule has 0 heterocycles. The fourth-order valence-corrected chi connectivity index (χ4v) is 1.39. The van der Waals surface area contributed by atoms with E-state index in [1.165, 1.54) is 12.1 Å². The highest BCUT2D eigenvalue weighted by molar-refractivity contribution is 5.76. The van der Waals surface area contributed by atoms with Crippen molar-refractivity contribution in [3.05, 3.63) is 30.1 Å². The Morgan fingerprint density at radius 1 is 1.50 bits per heavy atom. The van der Waals surface area contributed by atoms with Crippen LogP contribution in [-0.2, 0) is 4.79 Å². The van der Waals surface area contributed by atoms with E-state index in [-0.39, 0.29) is 37.3 Å². The zero-order valence-corrected chi connectivity index (χ0v) is 10.4. The molecule has 0 bridgehead atoms. The van der Waals surface area contributed by atoms with Gasteiger partial charge in [0.15, 0.2) is 11.6 Å². The highest BCUT2D eigenvalue weighted by Crippen LogP contribution is 2.15.